The number of nitrogens with zero attached hydrogens (tertiary/aromatic N) is 2. The summed E-state index contributed by atoms with van der Waals surface area (Å²) in [6.07, 6.45) is 6.36. The summed E-state index contributed by atoms with van der Waals surface area (Å²) >= 11 is 0. The van der Waals surface area contributed by atoms with Crippen LogP contribution < -0.4 is 5.32 Å². The fourth-order valence-corrected chi connectivity index (χ4v) is 2.02. The second-order valence-corrected chi connectivity index (χ2v) is 5.21. The third-order valence-corrected chi connectivity index (χ3v) is 3.25. The van der Waals surface area contributed by atoms with Gasteiger partial charge in [-0.2, -0.15) is 0 Å². The molecule has 0 aromatic carbocycles. The van der Waals surface area contributed by atoms with Gasteiger partial charge in [-0.05, 0) is 18.9 Å². The molecule has 1 aliphatic heterocycles. The topological polar surface area (TPSA) is 35.6 Å². The lowest BCUT2D eigenvalue weighted by Gasteiger charge is -2.35. The maximum atomic E-state index is 11.8. The SMILES string of the molecule is C#CCNCC(=O)N1CCN(CCC(C)C)CC1. The number of hydrogen-bond acceptors (Lipinski definition) is 3. The van der Waals surface area contributed by atoms with Crippen LogP contribution in [0.25, 0.3) is 0 Å². The Bertz CT molecular complexity index is 288. The first-order chi connectivity index (χ1) is 8.63. The lowest BCUT2D eigenvalue weighted by atomic mass is 10.1. The molecule has 0 unspecified atom stereocenters. The second kappa shape index (κ2) is 8.12. The van der Waals surface area contributed by atoms with Crippen LogP contribution in [0, 0.1) is 18.3 Å². The van der Waals surface area contributed by atoms with E-state index in [1.54, 1.807) is 0 Å². The predicted octanol–water partition coefficient (Wildman–Crippen LogP) is 0.400. The van der Waals surface area contributed by atoms with E-state index >= 15 is 0 Å². The Hall–Kier alpha value is -1.05. The van der Waals surface area contributed by atoms with Crippen molar-refractivity contribution in [2.45, 2.75) is 20.3 Å². The van der Waals surface area contributed by atoms with Gasteiger partial charge in [0.05, 0.1) is 13.1 Å². The number of carbonyl (C=O) groups excluding carboxylic acids is 1. The minimum Gasteiger partial charge on any atom is -0.339 e. The molecule has 4 nitrogen and oxygen atoms in total. The molecule has 102 valence electrons. The summed E-state index contributed by atoms with van der Waals surface area (Å²) < 4.78 is 0. The Labute approximate surface area is 111 Å². The van der Waals surface area contributed by atoms with Gasteiger partial charge in [0.15, 0.2) is 0 Å². The van der Waals surface area contributed by atoms with Gasteiger partial charge in [-0.1, -0.05) is 19.8 Å². The van der Waals surface area contributed by atoms with E-state index < -0.39 is 0 Å². The van der Waals surface area contributed by atoms with Crippen LogP contribution in [0.3, 0.4) is 0 Å². The van der Waals surface area contributed by atoms with E-state index in [2.05, 4.69) is 30.0 Å². The summed E-state index contributed by atoms with van der Waals surface area (Å²) in [6.45, 7) is 10.1. The average Bonchev–Trinajstić information content (AvgIpc) is 2.37. The predicted molar refractivity (Wildman–Crippen MR) is 74.2 cm³/mol. The highest BCUT2D eigenvalue weighted by molar-refractivity contribution is 5.78. The Kier molecular flexibility index (Phi) is 6.77. The molecule has 0 atom stereocenters. The lowest BCUT2D eigenvalue weighted by Crippen LogP contribution is -2.51. The minimum absolute atomic E-state index is 0.161. The molecule has 0 aromatic heterocycles. The van der Waals surface area contributed by atoms with Crippen molar-refractivity contribution < 1.29 is 4.79 Å². The number of piperazine rings is 1. The van der Waals surface area contributed by atoms with Gasteiger partial charge >= 0.3 is 0 Å². The third kappa shape index (κ3) is 5.52. The standard InChI is InChI=1S/C14H25N3O/c1-4-6-15-12-14(18)17-10-8-16(9-11-17)7-5-13(2)3/h1,13,15H,5-12H2,2-3H3. The Morgan fingerprint density at radius 2 is 2.00 bits per heavy atom. The van der Waals surface area contributed by atoms with Crippen LogP contribution >= 0.6 is 0 Å². The number of carbonyl (C=O) groups is 1. The summed E-state index contributed by atoms with van der Waals surface area (Å²) in [4.78, 5) is 16.2. The number of amides is 1. The number of hydrogen-bond donors (Lipinski definition) is 1. The zero-order valence-corrected chi connectivity index (χ0v) is 11.6. The van der Waals surface area contributed by atoms with Gasteiger partial charge in [0.1, 0.15) is 0 Å². The monoisotopic (exact) mass is 251 g/mol. The maximum absolute atomic E-state index is 11.8. The molecule has 1 heterocycles. The van der Waals surface area contributed by atoms with Crippen LogP contribution in [0.4, 0.5) is 0 Å². The van der Waals surface area contributed by atoms with Gasteiger partial charge in [0.2, 0.25) is 5.91 Å². The first-order valence-electron chi connectivity index (χ1n) is 6.77. The van der Waals surface area contributed by atoms with Gasteiger partial charge in [0, 0.05) is 26.2 Å². The molecule has 1 rings (SSSR count). The molecule has 0 spiro atoms. The van der Waals surface area contributed by atoms with Crippen molar-refractivity contribution in [1.29, 1.82) is 0 Å². The molecule has 4 heteroatoms. The molecule has 1 amide bonds. The van der Waals surface area contributed by atoms with E-state index in [0.29, 0.717) is 13.1 Å². The zero-order chi connectivity index (χ0) is 13.4. The molecule has 1 fully saturated rings. The molecule has 1 saturated heterocycles. The van der Waals surface area contributed by atoms with E-state index in [1.807, 2.05) is 4.90 Å². The third-order valence-electron chi connectivity index (χ3n) is 3.25. The van der Waals surface area contributed by atoms with Crippen LogP contribution in [0.2, 0.25) is 0 Å². The van der Waals surface area contributed by atoms with Gasteiger partial charge < -0.3 is 4.90 Å². The maximum Gasteiger partial charge on any atom is 0.236 e. The molecule has 0 bridgehead atoms. The van der Waals surface area contributed by atoms with Crippen LogP contribution in [-0.4, -0.2) is 61.5 Å². The number of nitrogens with one attached hydrogen (secondary N) is 1. The van der Waals surface area contributed by atoms with Crippen LogP contribution in [-0.2, 0) is 4.79 Å². The van der Waals surface area contributed by atoms with E-state index in [4.69, 9.17) is 6.42 Å². The van der Waals surface area contributed by atoms with Crippen molar-refractivity contribution in [2.24, 2.45) is 5.92 Å². The van der Waals surface area contributed by atoms with Crippen LogP contribution in [0.15, 0.2) is 0 Å². The number of rotatable bonds is 6. The highest BCUT2D eigenvalue weighted by Crippen LogP contribution is 2.06. The molecule has 1 aliphatic rings. The molecule has 0 aliphatic carbocycles. The Morgan fingerprint density at radius 3 is 2.56 bits per heavy atom. The minimum atomic E-state index is 0.161. The van der Waals surface area contributed by atoms with Crippen LogP contribution in [0.1, 0.15) is 20.3 Å². The van der Waals surface area contributed by atoms with Gasteiger partial charge in [-0.3, -0.25) is 15.0 Å². The van der Waals surface area contributed by atoms with Gasteiger partial charge in [-0.15, -0.1) is 6.42 Å². The average molecular weight is 251 g/mol. The molecule has 18 heavy (non-hydrogen) atoms. The molecular weight excluding hydrogens is 226 g/mol. The smallest absolute Gasteiger partial charge is 0.236 e. The summed E-state index contributed by atoms with van der Waals surface area (Å²) in [6, 6.07) is 0. The molecular formula is C14H25N3O. The van der Waals surface area contributed by atoms with E-state index in [0.717, 1.165) is 38.6 Å². The summed E-state index contributed by atoms with van der Waals surface area (Å²) in [7, 11) is 0. The molecule has 0 saturated carbocycles. The molecule has 0 radical (unpaired) electrons. The van der Waals surface area contributed by atoms with E-state index in [-0.39, 0.29) is 5.91 Å². The summed E-state index contributed by atoms with van der Waals surface area (Å²) in [5.74, 6) is 3.38. The van der Waals surface area contributed by atoms with Gasteiger partial charge in [0.25, 0.3) is 0 Å². The second-order valence-electron chi connectivity index (χ2n) is 5.21. The van der Waals surface area contributed by atoms with Crippen molar-refractivity contribution in [2.75, 3.05) is 45.8 Å². The quantitative estimate of drug-likeness (QED) is 0.548. The van der Waals surface area contributed by atoms with E-state index in [9.17, 15) is 4.79 Å². The highest BCUT2D eigenvalue weighted by Gasteiger charge is 2.20. The van der Waals surface area contributed by atoms with Crippen LogP contribution in [0.5, 0.6) is 0 Å². The first kappa shape index (κ1) is 15.0. The Morgan fingerprint density at radius 1 is 1.33 bits per heavy atom. The number of terminal acetylenes is 1. The van der Waals surface area contributed by atoms with Crippen molar-refractivity contribution in [3.8, 4) is 12.3 Å². The fourth-order valence-electron chi connectivity index (χ4n) is 2.02. The zero-order valence-electron chi connectivity index (χ0n) is 11.6. The largest absolute Gasteiger partial charge is 0.339 e. The van der Waals surface area contributed by atoms with E-state index in [1.165, 1.54) is 6.42 Å². The van der Waals surface area contributed by atoms with Crippen molar-refractivity contribution >= 4 is 5.91 Å². The van der Waals surface area contributed by atoms with Crippen molar-refractivity contribution in [1.82, 2.24) is 15.1 Å². The van der Waals surface area contributed by atoms with Gasteiger partial charge in [-0.25, -0.2) is 0 Å². The molecule has 0 aromatic rings. The van der Waals surface area contributed by atoms with Crippen molar-refractivity contribution in [3.05, 3.63) is 0 Å². The summed E-state index contributed by atoms with van der Waals surface area (Å²) in [5.41, 5.74) is 0. The first-order valence-corrected chi connectivity index (χ1v) is 6.77. The summed E-state index contributed by atoms with van der Waals surface area (Å²) in [5, 5.41) is 2.94. The lowest BCUT2D eigenvalue weighted by molar-refractivity contribution is -0.131. The van der Waals surface area contributed by atoms with Crippen molar-refractivity contribution in [3.63, 3.8) is 0 Å². The Balaban J connectivity index is 2.18. The molecule has 1 N–H and O–H groups in total. The highest BCUT2D eigenvalue weighted by atomic mass is 16.2. The normalized spacial score (nSPS) is 16.9. The fraction of sp³-hybridized carbons (Fsp3) is 0.786.